The van der Waals surface area contributed by atoms with E-state index in [1.165, 1.54) is 11.8 Å². The van der Waals surface area contributed by atoms with Crippen LogP contribution in [0.5, 0.6) is 0 Å². The fourth-order valence-electron chi connectivity index (χ4n) is 2.15. The van der Waals surface area contributed by atoms with E-state index in [9.17, 15) is 4.79 Å². The zero-order chi connectivity index (χ0) is 15.5. The lowest BCUT2D eigenvalue weighted by Gasteiger charge is -2.15. The van der Waals surface area contributed by atoms with Gasteiger partial charge in [0.05, 0.1) is 17.8 Å². The molecule has 1 aliphatic rings. The van der Waals surface area contributed by atoms with Gasteiger partial charge in [-0.3, -0.25) is 4.79 Å². The van der Waals surface area contributed by atoms with Gasteiger partial charge in [0.2, 0.25) is 11.1 Å². The lowest BCUT2D eigenvalue weighted by atomic mass is 10.1. The fraction of sp³-hybridized carbons (Fsp3) is 0.429. The number of tetrazole rings is 1. The van der Waals surface area contributed by atoms with Gasteiger partial charge in [0.25, 0.3) is 0 Å². The second-order valence-electron chi connectivity index (χ2n) is 5.24. The van der Waals surface area contributed by atoms with Crippen molar-refractivity contribution >= 4 is 33.6 Å². The van der Waals surface area contributed by atoms with Gasteiger partial charge in [-0.05, 0) is 41.8 Å². The summed E-state index contributed by atoms with van der Waals surface area (Å²) in [7, 11) is 0. The number of amides is 1. The minimum absolute atomic E-state index is 0.0291. The third-order valence-corrected chi connectivity index (χ3v) is 5.09. The summed E-state index contributed by atoms with van der Waals surface area (Å²) in [6.45, 7) is 1.97. The SMILES string of the molecule is C[C@H](NC(=O)CSc1nnnn1C1CC1)c1ccccc1Br. The molecule has 1 amide bonds. The van der Waals surface area contributed by atoms with E-state index in [1.807, 2.05) is 35.9 Å². The summed E-state index contributed by atoms with van der Waals surface area (Å²) in [4.78, 5) is 12.1. The predicted octanol–water partition coefficient (Wildman–Crippen LogP) is 2.74. The Kier molecular flexibility index (Phi) is 4.77. The molecule has 116 valence electrons. The van der Waals surface area contributed by atoms with Crippen LogP contribution in [0.15, 0.2) is 33.9 Å². The molecule has 2 aromatic rings. The summed E-state index contributed by atoms with van der Waals surface area (Å²) < 4.78 is 2.81. The highest BCUT2D eigenvalue weighted by Crippen LogP contribution is 2.36. The van der Waals surface area contributed by atoms with Crippen LogP contribution in [-0.4, -0.2) is 31.9 Å². The Morgan fingerprint density at radius 2 is 2.27 bits per heavy atom. The first-order valence-corrected chi connectivity index (χ1v) is 8.87. The molecule has 0 radical (unpaired) electrons. The number of carbonyl (C=O) groups excluding carboxylic acids is 1. The first-order chi connectivity index (χ1) is 10.6. The Balaban J connectivity index is 1.54. The third-order valence-electron chi connectivity index (χ3n) is 3.44. The van der Waals surface area contributed by atoms with Crippen molar-refractivity contribution in [1.29, 1.82) is 0 Å². The average molecular weight is 382 g/mol. The second kappa shape index (κ2) is 6.78. The van der Waals surface area contributed by atoms with Gasteiger partial charge in [-0.25, -0.2) is 4.68 Å². The molecule has 0 spiro atoms. The highest BCUT2D eigenvalue weighted by Gasteiger charge is 2.28. The van der Waals surface area contributed by atoms with Crippen LogP contribution in [0.2, 0.25) is 0 Å². The normalized spacial score (nSPS) is 15.5. The predicted molar refractivity (Wildman–Crippen MR) is 87.5 cm³/mol. The van der Waals surface area contributed by atoms with Gasteiger partial charge < -0.3 is 5.32 Å². The quantitative estimate of drug-likeness (QED) is 0.778. The molecule has 0 bridgehead atoms. The van der Waals surface area contributed by atoms with Crippen molar-refractivity contribution < 1.29 is 4.79 Å². The van der Waals surface area contributed by atoms with Gasteiger partial charge in [0.15, 0.2) is 0 Å². The molecule has 22 heavy (non-hydrogen) atoms. The number of thioether (sulfide) groups is 1. The molecular weight excluding hydrogens is 366 g/mol. The van der Waals surface area contributed by atoms with Crippen LogP contribution in [0, 0.1) is 0 Å². The van der Waals surface area contributed by atoms with Crippen molar-refractivity contribution in [2.24, 2.45) is 0 Å². The first-order valence-electron chi connectivity index (χ1n) is 7.09. The molecule has 1 N–H and O–H groups in total. The number of carbonyl (C=O) groups is 1. The molecule has 1 atom stereocenters. The van der Waals surface area contributed by atoms with E-state index in [1.54, 1.807) is 0 Å². The molecule has 0 saturated heterocycles. The molecule has 1 saturated carbocycles. The zero-order valence-corrected chi connectivity index (χ0v) is 14.5. The molecule has 8 heteroatoms. The van der Waals surface area contributed by atoms with Gasteiger partial charge in [-0.1, -0.05) is 45.9 Å². The largest absolute Gasteiger partial charge is 0.349 e. The van der Waals surface area contributed by atoms with E-state index >= 15 is 0 Å². The maximum absolute atomic E-state index is 12.1. The van der Waals surface area contributed by atoms with Crippen LogP contribution >= 0.6 is 27.7 Å². The van der Waals surface area contributed by atoms with Crippen molar-refractivity contribution in [3.8, 4) is 0 Å². The van der Waals surface area contributed by atoms with Gasteiger partial charge in [0, 0.05) is 4.47 Å². The first kappa shape index (κ1) is 15.5. The Morgan fingerprint density at radius 1 is 1.50 bits per heavy atom. The van der Waals surface area contributed by atoms with Crippen molar-refractivity contribution in [3.63, 3.8) is 0 Å². The van der Waals surface area contributed by atoms with Crippen molar-refractivity contribution in [2.75, 3.05) is 5.75 Å². The molecule has 1 heterocycles. The van der Waals surface area contributed by atoms with E-state index in [0.717, 1.165) is 22.9 Å². The highest BCUT2D eigenvalue weighted by atomic mass is 79.9. The summed E-state index contributed by atoms with van der Waals surface area (Å²) >= 11 is 4.88. The number of nitrogens with one attached hydrogen (secondary N) is 1. The van der Waals surface area contributed by atoms with Crippen molar-refractivity contribution in [1.82, 2.24) is 25.5 Å². The second-order valence-corrected chi connectivity index (χ2v) is 7.03. The van der Waals surface area contributed by atoms with Gasteiger partial charge in [-0.2, -0.15) is 0 Å². The van der Waals surface area contributed by atoms with Gasteiger partial charge in [0.1, 0.15) is 0 Å². The summed E-state index contributed by atoms with van der Waals surface area (Å²) in [6.07, 6.45) is 2.23. The number of rotatable bonds is 6. The summed E-state index contributed by atoms with van der Waals surface area (Å²) in [5.74, 6) is 0.278. The Morgan fingerprint density at radius 3 is 3.00 bits per heavy atom. The number of benzene rings is 1. The molecule has 1 aliphatic carbocycles. The number of hydrogen-bond donors (Lipinski definition) is 1. The van der Waals surface area contributed by atoms with Crippen LogP contribution in [0.3, 0.4) is 0 Å². The number of halogens is 1. The van der Waals surface area contributed by atoms with E-state index in [4.69, 9.17) is 0 Å². The van der Waals surface area contributed by atoms with Crippen LogP contribution in [-0.2, 0) is 4.79 Å². The lowest BCUT2D eigenvalue weighted by Crippen LogP contribution is -2.28. The van der Waals surface area contributed by atoms with Crippen LogP contribution in [0.25, 0.3) is 0 Å². The van der Waals surface area contributed by atoms with E-state index in [0.29, 0.717) is 17.0 Å². The summed E-state index contributed by atoms with van der Waals surface area (Å²) in [5.41, 5.74) is 1.06. The zero-order valence-electron chi connectivity index (χ0n) is 12.1. The molecule has 0 unspecified atom stereocenters. The standard InChI is InChI=1S/C14H16BrN5OS/c1-9(11-4-2-3-5-12(11)15)16-13(21)8-22-14-17-18-19-20(14)10-6-7-10/h2-5,9-10H,6-8H2,1H3,(H,16,21)/t9-/m0/s1. The molecule has 1 aromatic carbocycles. The van der Waals surface area contributed by atoms with Gasteiger partial charge >= 0.3 is 0 Å². The lowest BCUT2D eigenvalue weighted by molar-refractivity contribution is -0.119. The van der Waals surface area contributed by atoms with E-state index < -0.39 is 0 Å². The van der Waals surface area contributed by atoms with Crippen LogP contribution in [0.4, 0.5) is 0 Å². The Labute approximate surface area is 141 Å². The minimum atomic E-state index is -0.0527. The monoisotopic (exact) mass is 381 g/mol. The van der Waals surface area contributed by atoms with E-state index in [2.05, 4.69) is 36.8 Å². The summed E-state index contributed by atoms with van der Waals surface area (Å²) in [6, 6.07) is 8.24. The van der Waals surface area contributed by atoms with Crippen LogP contribution in [0.1, 0.15) is 37.4 Å². The maximum atomic E-state index is 12.1. The van der Waals surface area contributed by atoms with Crippen LogP contribution < -0.4 is 5.32 Å². The summed E-state index contributed by atoms with van der Waals surface area (Å²) in [5, 5.41) is 15.3. The molecule has 1 aromatic heterocycles. The minimum Gasteiger partial charge on any atom is -0.349 e. The molecular formula is C14H16BrN5OS. The average Bonchev–Trinajstić information content (AvgIpc) is 3.24. The Bertz CT molecular complexity index is 673. The fourth-order valence-corrected chi connectivity index (χ4v) is 3.53. The molecule has 6 nitrogen and oxygen atoms in total. The smallest absolute Gasteiger partial charge is 0.230 e. The van der Waals surface area contributed by atoms with E-state index in [-0.39, 0.29) is 11.9 Å². The third kappa shape index (κ3) is 3.67. The number of nitrogens with zero attached hydrogens (tertiary/aromatic N) is 4. The van der Waals surface area contributed by atoms with Gasteiger partial charge in [-0.15, -0.1) is 5.10 Å². The molecule has 1 fully saturated rings. The van der Waals surface area contributed by atoms with Crippen molar-refractivity contribution in [3.05, 3.63) is 34.3 Å². The molecule has 0 aliphatic heterocycles. The Hall–Kier alpha value is -1.41. The number of aromatic nitrogens is 4. The molecule has 3 rings (SSSR count). The maximum Gasteiger partial charge on any atom is 0.230 e. The highest BCUT2D eigenvalue weighted by molar-refractivity contribution is 9.10. The van der Waals surface area contributed by atoms with Crippen molar-refractivity contribution in [2.45, 2.75) is 37.0 Å². The topological polar surface area (TPSA) is 72.7 Å². The number of hydrogen-bond acceptors (Lipinski definition) is 5.